The monoisotopic (exact) mass is 325 g/mol. The van der Waals surface area contributed by atoms with E-state index in [1.807, 2.05) is 0 Å². The van der Waals surface area contributed by atoms with E-state index in [-0.39, 0.29) is 0 Å². The second-order valence-corrected chi connectivity index (χ2v) is 5.35. The summed E-state index contributed by atoms with van der Waals surface area (Å²) in [5.41, 5.74) is 1.18. The fraction of sp³-hybridized carbons (Fsp3) is 0.133. The van der Waals surface area contributed by atoms with Crippen LogP contribution in [0, 0.1) is 0 Å². The maximum atomic E-state index is 11.0. The maximum absolute atomic E-state index is 11.0. The van der Waals surface area contributed by atoms with Crippen LogP contribution in [-0.4, -0.2) is 16.3 Å². The van der Waals surface area contributed by atoms with Crippen molar-refractivity contribution in [3.63, 3.8) is 0 Å². The summed E-state index contributed by atoms with van der Waals surface area (Å²) in [5.74, 6) is 0. The number of benzene rings is 2. The molecule has 3 N–H and O–H groups in total. The van der Waals surface area contributed by atoms with Crippen LogP contribution in [0.15, 0.2) is 48.5 Å². The van der Waals surface area contributed by atoms with E-state index in [1.54, 1.807) is 48.5 Å². The van der Waals surface area contributed by atoms with Crippen LogP contribution in [0.3, 0.4) is 0 Å². The van der Waals surface area contributed by atoms with Crippen molar-refractivity contribution < 1.29 is 15.0 Å². The van der Waals surface area contributed by atoms with Gasteiger partial charge in [0, 0.05) is 10.0 Å². The topological polar surface area (TPSA) is 69.6 Å². The van der Waals surface area contributed by atoms with Gasteiger partial charge in [0.25, 0.3) is 0 Å². The van der Waals surface area contributed by atoms with Crippen LogP contribution in [0.25, 0.3) is 0 Å². The largest absolute Gasteiger partial charge is 0.465 e. The predicted octanol–water partition coefficient (Wildman–Crippen LogP) is 4.04. The minimum atomic E-state index is -1.22. The Bertz CT molecular complexity index is 614. The number of carbonyl (C=O) groups is 1. The van der Waals surface area contributed by atoms with Gasteiger partial charge in [0.2, 0.25) is 0 Å². The number of halogens is 2. The van der Waals surface area contributed by atoms with E-state index in [2.05, 4.69) is 5.32 Å². The van der Waals surface area contributed by atoms with Crippen molar-refractivity contribution in [2.45, 2.75) is 12.1 Å². The van der Waals surface area contributed by atoms with Gasteiger partial charge in [-0.15, -0.1) is 0 Å². The Balaban J connectivity index is 2.32. The first-order valence-corrected chi connectivity index (χ1v) is 6.91. The van der Waals surface area contributed by atoms with E-state index in [4.69, 9.17) is 28.3 Å². The molecule has 2 atom stereocenters. The summed E-state index contributed by atoms with van der Waals surface area (Å²) in [6.07, 6.45) is -2.26. The highest BCUT2D eigenvalue weighted by molar-refractivity contribution is 6.30. The third-order valence-corrected chi connectivity index (χ3v) is 3.54. The molecule has 0 saturated carbocycles. The van der Waals surface area contributed by atoms with E-state index < -0.39 is 18.2 Å². The van der Waals surface area contributed by atoms with Crippen molar-refractivity contribution in [3.8, 4) is 0 Å². The van der Waals surface area contributed by atoms with E-state index in [0.29, 0.717) is 21.2 Å². The highest BCUT2D eigenvalue weighted by Gasteiger charge is 2.24. The summed E-state index contributed by atoms with van der Waals surface area (Å²) < 4.78 is 0. The lowest BCUT2D eigenvalue weighted by atomic mass is 9.96. The Morgan fingerprint density at radius 1 is 0.905 bits per heavy atom. The van der Waals surface area contributed by atoms with Crippen molar-refractivity contribution in [1.29, 1.82) is 0 Å². The molecule has 0 heterocycles. The lowest BCUT2D eigenvalue weighted by Gasteiger charge is -2.23. The van der Waals surface area contributed by atoms with Crippen molar-refractivity contribution in [2.75, 3.05) is 0 Å². The molecule has 0 radical (unpaired) electrons. The quantitative estimate of drug-likeness (QED) is 0.794. The number of nitrogens with one attached hydrogen (secondary N) is 1. The van der Waals surface area contributed by atoms with Crippen LogP contribution >= 0.6 is 23.2 Å². The molecule has 1 amide bonds. The van der Waals surface area contributed by atoms with Gasteiger partial charge < -0.3 is 15.5 Å². The van der Waals surface area contributed by atoms with Gasteiger partial charge in [-0.2, -0.15) is 0 Å². The molecule has 4 nitrogen and oxygen atoms in total. The number of aliphatic hydroxyl groups is 1. The van der Waals surface area contributed by atoms with E-state index >= 15 is 0 Å². The SMILES string of the molecule is O=C(O)N[C@@H](c1ccc(Cl)cc1)[C@@H](O)c1ccc(Cl)cc1. The van der Waals surface area contributed by atoms with E-state index in [0.717, 1.165) is 0 Å². The van der Waals surface area contributed by atoms with Crippen LogP contribution < -0.4 is 5.32 Å². The van der Waals surface area contributed by atoms with Gasteiger partial charge in [-0.1, -0.05) is 47.5 Å². The van der Waals surface area contributed by atoms with Crippen LogP contribution in [0.1, 0.15) is 23.3 Å². The summed E-state index contributed by atoms with van der Waals surface area (Å²) in [7, 11) is 0. The Labute approximate surface area is 131 Å². The standard InChI is InChI=1S/C15H13Cl2NO3/c16-11-5-1-9(2-6-11)13(18-15(20)21)14(19)10-3-7-12(17)8-4-10/h1-8,13-14,18-19H,(H,20,21)/t13-,14-/m0/s1. The second-order valence-electron chi connectivity index (χ2n) is 4.48. The number of hydrogen-bond acceptors (Lipinski definition) is 2. The van der Waals surface area contributed by atoms with Gasteiger partial charge in [-0.3, -0.25) is 0 Å². The van der Waals surface area contributed by atoms with Gasteiger partial charge in [0.15, 0.2) is 0 Å². The number of amides is 1. The van der Waals surface area contributed by atoms with Crippen LogP contribution in [0.4, 0.5) is 4.79 Å². The minimum absolute atomic E-state index is 0.536. The third kappa shape index (κ3) is 4.11. The van der Waals surface area contributed by atoms with Gasteiger partial charge >= 0.3 is 6.09 Å². The molecular weight excluding hydrogens is 313 g/mol. The zero-order valence-electron chi connectivity index (χ0n) is 10.8. The summed E-state index contributed by atoms with van der Waals surface area (Å²) in [4.78, 5) is 11.0. The van der Waals surface area contributed by atoms with Crippen molar-refractivity contribution in [3.05, 3.63) is 69.7 Å². The molecular formula is C15H13Cl2NO3. The Morgan fingerprint density at radius 3 is 1.76 bits per heavy atom. The molecule has 0 bridgehead atoms. The van der Waals surface area contributed by atoms with Crippen LogP contribution in [0.5, 0.6) is 0 Å². The first-order chi connectivity index (χ1) is 9.97. The average molecular weight is 326 g/mol. The fourth-order valence-electron chi connectivity index (χ4n) is 2.00. The summed E-state index contributed by atoms with van der Waals surface area (Å²) in [6, 6.07) is 12.4. The molecule has 0 unspecified atom stereocenters. The second kappa shape index (κ2) is 6.80. The number of hydrogen-bond donors (Lipinski definition) is 3. The molecule has 110 valence electrons. The molecule has 2 aromatic rings. The zero-order chi connectivity index (χ0) is 15.4. The Kier molecular flexibility index (Phi) is 5.07. The van der Waals surface area contributed by atoms with Gasteiger partial charge in [-0.25, -0.2) is 4.79 Å². The highest BCUT2D eigenvalue weighted by atomic mass is 35.5. The number of aliphatic hydroxyl groups excluding tert-OH is 1. The molecule has 2 rings (SSSR count). The van der Waals surface area contributed by atoms with Gasteiger partial charge in [0.1, 0.15) is 6.10 Å². The molecule has 0 saturated heterocycles. The predicted molar refractivity (Wildman–Crippen MR) is 81.8 cm³/mol. The van der Waals surface area contributed by atoms with Crippen molar-refractivity contribution in [2.24, 2.45) is 0 Å². The third-order valence-electron chi connectivity index (χ3n) is 3.04. The van der Waals surface area contributed by atoms with Crippen LogP contribution in [-0.2, 0) is 0 Å². The normalized spacial score (nSPS) is 13.5. The molecule has 0 aliphatic rings. The molecule has 2 aromatic carbocycles. The van der Waals surface area contributed by atoms with E-state index in [9.17, 15) is 9.90 Å². The van der Waals surface area contributed by atoms with Gasteiger partial charge in [-0.05, 0) is 35.4 Å². The molecule has 0 aliphatic heterocycles. The lowest BCUT2D eigenvalue weighted by molar-refractivity contribution is 0.120. The molecule has 0 aromatic heterocycles. The first kappa shape index (κ1) is 15.6. The molecule has 0 aliphatic carbocycles. The van der Waals surface area contributed by atoms with Gasteiger partial charge in [0.05, 0.1) is 6.04 Å². The van der Waals surface area contributed by atoms with Crippen LogP contribution in [0.2, 0.25) is 10.0 Å². The summed E-state index contributed by atoms with van der Waals surface area (Å²) >= 11 is 11.6. The first-order valence-electron chi connectivity index (χ1n) is 6.16. The minimum Gasteiger partial charge on any atom is -0.465 e. The van der Waals surface area contributed by atoms with E-state index in [1.165, 1.54) is 0 Å². The molecule has 21 heavy (non-hydrogen) atoms. The number of rotatable bonds is 4. The van der Waals surface area contributed by atoms with Crippen molar-refractivity contribution in [1.82, 2.24) is 5.32 Å². The molecule has 0 fully saturated rings. The summed E-state index contributed by atoms with van der Waals surface area (Å²) in [5, 5.41) is 22.8. The highest BCUT2D eigenvalue weighted by Crippen LogP contribution is 2.30. The Hall–Kier alpha value is -1.75. The zero-order valence-corrected chi connectivity index (χ0v) is 12.3. The fourth-order valence-corrected chi connectivity index (χ4v) is 2.25. The number of carboxylic acid groups (broad SMARTS) is 1. The maximum Gasteiger partial charge on any atom is 0.405 e. The van der Waals surface area contributed by atoms with Crippen molar-refractivity contribution >= 4 is 29.3 Å². The summed E-state index contributed by atoms with van der Waals surface area (Å²) in [6.45, 7) is 0. The lowest BCUT2D eigenvalue weighted by Crippen LogP contribution is -2.31. The average Bonchev–Trinajstić information content (AvgIpc) is 2.46. The smallest absolute Gasteiger partial charge is 0.405 e. The molecule has 0 spiro atoms. The Morgan fingerprint density at radius 2 is 1.33 bits per heavy atom. The molecule has 6 heteroatoms.